The monoisotopic (exact) mass is 334 g/mol. The van der Waals surface area contributed by atoms with E-state index in [2.05, 4.69) is 30.8 Å². The first-order valence-electron chi connectivity index (χ1n) is 6.82. The van der Waals surface area contributed by atoms with Crippen molar-refractivity contribution in [3.63, 3.8) is 0 Å². The summed E-state index contributed by atoms with van der Waals surface area (Å²) in [6.07, 6.45) is 0.873. The zero-order valence-corrected chi connectivity index (χ0v) is 12.7. The molecule has 1 amide bonds. The fraction of sp³-hybridized carbons (Fsp3) is 0.333. The lowest BCUT2D eigenvalue weighted by molar-refractivity contribution is 0.0824. The summed E-state index contributed by atoms with van der Waals surface area (Å²) in [4.78, 5) is 21.9. The number of ether oxygens (including phenoxy) is 1. The van der Waals surface area contributed by atoms with E-state index in [0.717, 1.165) is 0 Å². The van der Waals surface area contributed by atoms with Crippen LogP contribution in [0.15, 0.2) is 12.3 Å². The molecule has 3 aromatic rings. The third-order valence-electron chi connectivity index (χ3n) is 3.55. The van der Waals surface area contributed by atoms with Crippen LogP contribution in [-0.2, 0) is 4.74 Å². The molecule has 0 unspecified atom stereocenters. The Bertz CT molecular complexity index is 907. The first kappa shape index (κ1) is 13.9. The number of pyridine rings is 1. The third kappa shape index (κ3) is 2.27. The quantitative estimate of drug-likeness (QED) is 0.710. The van der Waals surface area contributed by atoms with Crippen molar-refractivity contribution >= 4 is 40.3 Å². The maximum absolute atomic E-state index is 11.2. The van der Waals surface area contributed by atoms with E-state index in [1.807, 2.05) is 4.90 Å². The van der Waals surface area contributed by atoms with Crippen molar-refractivity contribution < 1.29 is 9.53 Å². The molecule has 3 aromatic heterocycles. The second-order valence-electron chi connectivity index (χ2n) is 5.03. The first-order valence-corrected chi connectivity index (χ1v) is 7.20. The van der Waals surface area contributed by atoms with Gasteiger partial charge in [-0.15, -0.1) is 5.10 Å². The number of fused-ring (bicyclic) bond motifs is 3. The second kappa shape index (κ2) is 5.16. The first-order chi connectivity index (χ1) is 11.2. The number of aromatic nitrogens is 6. The van der Waals surface area contributed by atoms with Gasteiger partial charge in [-0.2, -0.15) is 4.52 Å². The van der Waals surface area contributed by atoms with E-state index >= 15 is 0 Å². The van der Waals surface area contributed by atoms with E-state index in [1.165, 1.54) is 13.2 Å². The van der Waals surface area contributed by atoms with Crippen LogP contribution in [0, 0.1) is 0 Å². The molecular weight excluding hydrogens is 324 g/mol. The number of carbonyl (C=O) groups is 1. The maximum atomic E-state index is 11.2. The van der Waals surface area contributed by atoms with Crippen molar-refractivity contribution in [2.45, 2.75) is 6.10 Å². The van der Waals surface area contributed by atoms with Crippen molar-refractivity contribution in [2.24, 2.45) is 0 Å². The van der Waals surface area contributed by atoms with Crippen LogP contribution in [0.25, 0.3) is 16.8 Å². The minimum atomic E-state index is -0.452. The summed E-state index contributed by atoms with van der Waals surface area (Å²) < 4.78 is 6.72. The van der Waals surface area contributed by atoms with Crippen LogP contribution in [0.4, 0.5) is 10.6 Å². The van der Waals surface area contributed by atoms with Gasteiger partial charge in [-0.1, -0.05) is 11.6 Å². The molecule has 0 radical (unpaired) electrons. The number of halogens is 1. The molecule has 1 aliphatic heterocycles. The molecule has 0 spiro atoms. The molecule has 4 rings (SSSR count). The molecule has 4 heterocycles. The summed E-state index contributed by atoms with van der Waals surface area (Å²) >= 11 is 5.97. The minimum absolute atomic E-state index is 0.193. The van der Waals surface area contributed by atoms with E-state index in [1.54, 1.807) is 10.6 Å². The Morgan fingerprint density at radius 1 is 1.48 bits per heavy atom. The van der Waals surface area contributed by atoms with Crippen LogP contribution in [-0.4, -0.2) is 62.3 Å². The van der Waals surface area contributed by atoms with Gasteiger partial charge in [0.1, 0.15) is 11.6 Å². The number of rotatable bonds is 2. The number of hydrogen-bond donors (Lipinski definition) is 1. The lowest BCUT2D eigenvalue weighted by atomic mass is 10.1. The van der Waals surface area contributed by atoms with Gasteiger partial charge in [0.25, 0.3) is 0 Å². The molecule has 1 saturated heterocycles. The maximum Gasteiger partial charge on any atom is 0.407 e. The highest BCUT2D eigenvalue weighted by molar-refractivity contribution is 6.31. The number of alkyl carbamates (subject to hydrolysis) is 1. The zero-order chi connectivity index (χ0) is 16.0. The van der Waals surface area contributed by atoms with Gasteiger partial charge in [-0.3, -0.25) is 0 Å². The van der Waals surface area contributed by atoms with Gasteiger partial charge in [0.15, 0.2) is 11.5 Å². The Kier molecular flexibility index (Phi) is 3.11. The Hall–Kier alpha value is -2.75. The largest absolute Gasteiger partial charge is 0.442 e. The number of tetrazole rings is 1. The van der Waals surface area contributed by atoms with E-state index in [9.17, 15) is 4.79 Å². The van der Waals surface area contributed by atoms with Gasteiger partial charge in [0.2, 0.25) is 5.65 Å². The smallest absolute Gasteiger partial charge is 0.407 e. The van der Waals surface area contributed by atoms with E-state index in [-0.39, 0.29) is 6.10 Å². The molecule has 0 atom stereocenters. The van der Waals surface area contributed by atoms with Crippen LogP contribution in [0.5, 0.6) is 0 Å². The van der Waals surface area contributed by atoms with Crippen molar-refractivity contribution in [1.29, 1.82) is 0 Å². The fourth-order valence-electron chi connectivity index (χ4n) is 2.41. The summed E-state index contributed by atoms with van der Waals surface area (Å²) in [5.74, 6) is 0.592. The summed E-state index contributed by atoms with van der Waals surface area (Å²) in [5.41, 5.74) is 1.61. The molecule has 0 aromatic carbocycles. The van der Waals surface area contributed by atoms with Gasteiger partial charge < -0.3 is 15.0 Å². The number of hydrogen-bond acceptors (Lipinski definition) is 8. The predicted molar refractivity (Wildman–Crippen MR) is 80.4 cm³/mol. The number of nitrogens with zero attached hydrogens (tertiary/aromatic N) is 7. The van der Waals surface area contributed by atoms with Crippen molar-refractivity contribution in [1.82, 2.24) is 35.3 Å². The van der Waals surface area contributed by atoms with Crippen LogP contribution < -0.4 is 10.2 Å². The molecule has 0 saturated carbocycles. The summed E-state index contributed by atoms with van der Waals surface area (Å²) in [6.45, 7) is 1.03. The summed E-state index contributed by atoms with van der Waals surface area (Å²) in [7, 11) is 1.52. The molecular formula is C12H11ClN8O2. The zero-order valence-electron chi connectivity index (χ0n) is 12.0. The second-order valence-corrected chi connectivity index (χ2v) is 5.46. The van der Waals surface area contributed by atoms with Crippen molar-refractivity contribution in [2.75, 3.05) is 25.0 Å². The van der Waals surface area contributed by atoms with E-state index in [4.69, 9.17) is 16.3 Å². The van der Waals surface area contributed by atoms with Crippen molar-refractivity contribution in [3.8, 4) is 0 Å². The summed E-state index contributed by atoms with van der Waals surface area (Å²) in [5, 5.41) is 14.6. The van der Waals surface area contributed by atoms with E-state index in [0.29, 0.717) is 40.7 Å². The molecule has 0 aliphatic carbocycles. The number of amides is 1. The van der Waals surface area contributed by atoms with Crippen LogP contribution in [0.1, 0.15) is 0 Å². The van der Waals surface area contributed by atoms with Gasteiger partial charge in [-0.25, -0.2) is 14.8 Å². The van der Waals surface area contributed by atoms with Gasteiger partial charge in [-0.05, 0) is 16.5 Å². The molecule has 23 heavy (non-hydrogen) atoms. The van der Waals surface area contributed by atoms with Gasteiger partial charge >= 0.3 is 6.09 Å². The lowest BCUT2D eigenvalue weighted by Crippen LogP contribution is -2.54. The molecule has 1 aliphatic rings. The molecule has 1 N–H and O–H groups in total. The fourth-order valence-corrected chi connectivity index (χ4v) is 2.56. The topological polar surface area (TPSA) is 110 Å². The summed E-state index contributed by atoms with van der Waals surface area (Å²) in [6, 6.07) is 1.71. The standard InChI is InChI=1S/C12H11ClN8O2/c1-14-12(22)23-7-4-20(5-7)10-11-17-18-19-21(11)8-2-6(13)3-15-9(8)16-10/h2-3,7H,4-5H2,1H3,(H,14,22). The highest BCUT2D eigenvalue weighted by Gasteiger charge is 2.33. The van der Waals surface area contributed by atoms with Crippen LogP contribution >= 0.6 is 11.6 Å². The average molecular weight is 335 g/mol. The molecule has 118 valence electrons. The minimum Gasteiger partial charge on any atom is -0.442 e. The SMILES string of the molecule is CNC(=O)OC1CN(c2nc3ncc(Cl)cc3n3nnnc23)C1. The number of carbonyl (C=O) groups excluding carboxylic acids is 1. The van der Waals surface area contributed by atoms with Crippen molar-refractivity contribution in [3.05, 3.63) is 17.3 Å². The normalized spacial score (nSPS) is 15.0. The molecule has 0 bridgehead atoms. The molecule has 10 nitrogen and oxygen atoms in total. The Morgan fingerprint density at radius 3 is 3.09 bits per heavy atom. The lowest BCUT2D eigenvalue weighted by Gasteiger charge is -2.38. The number of anilines is 1. The molecule has 1 fully saturated rings. The number of nitrogens with one attached hydrogen (secondary N) is 1. The predicted octanol–water partition coefficient (Wildman–Crippen LogP) is 0.265. The highest BCUT2D eigenvalue weighted by atomic mass is 35.5. The molecule has 11 heteroatoms. The van der Waals surface area contributed by atoms with Crippen LogP contribution in [0.2, 0.25) is 5.02 Å². The average Bonchev–Trinajstić information content (AvgIpc) is 3.00. The Balaban J connectivity index is 1.69. The van der Waals surface area contributed by atoms with Gasteiger partial charge in [0, 0.05) is 13.2 Å². The Labute approximate surface area is 134 Å². The van der Waals surface area contributed by atoms with E-state index < -0.39 is 6.09 Å². The highest BCUT2D eigenvalue weighted by Crippen LogP contribution is 2.27. The Morgan fingerprint density at radius 2 is 2.30 bits per heavy atom. The third-order valence-corrected chi connectivity index (χ3v) is 3.76. The van der Waals surface area contributed by atoms with Crippen LogP contribution in [0.3, 0.4) is 0 Å². The van der Waals surface area contributed by atoms with Gasteiger partial charge in [0.05, 0.1) is 18.1 Å².